The summed E-state index contributed by atoms with van der Waals surface area (Å²) in [5, 5.41) is 4.87. The molecular formula is C22H24ClN3O6. The van der Waals surface area contributed by atoms with Crippen molar-refractivity contribution in [2.75, 3.05) is 44.0 Å². The number of nitrogens with zero attached hydrogens (tertiary/aromatic N) is 2. The number of carbonyl (C=O) groups excluding carboxylic acids is 2. The molecule has 9 nitrogen and oxygen atoms in total. The van der Waals surface area contributed by atoms with Gasteiger partial charge < -0.3 is 24.1 Å². The van der Waals surface area contributed by atoms with Gasteiger partial charge in [-0.3, -0.25) is 9.59 Å². The van der Waals surface area contributed by atoms with E-state index in [4.69, 9.17) is 30.3 Å². The second-order valence-corrected chi connectivity index (χ2v) is 7.74. The minimum absolute atomic E-state index is 0.214. The third-order valence-electron chi connectivity index (χ3n) is 5.32. The molecule has 0 radical (unpaired) electrons. The van der Waals surface area contributed by atoms with Gasteiger partial charge in [-0.25, -0.2) is 9.90 Å². The van der Waals surface area contributed by atoms with Gasteiger partial charge in [-0.15, -0.1) is 0 Å². The van der Waals surface area contributed by atoms with Crippen LogP contribution in [0.25, 0.3) is 6.08 Å². The van der Waals surface area contributed by atoms with Gasteiger partial charge in [0, 0.05) is 31.8 Å². The van der Waals surface area contributed by atoms with Gasteiger partial charge in [0.15, 0.2) is 12.0 Å². The number of benzene rings is 1. The Bertz CT molecular complexity index is 970. The van der Waals surface area contributed by atoms with Crippen LogP contribution < -0.4 is 10.4 Å². The summed E-state index contributed by atoms with van der Waals surface area (Å²) in [4.78, 5) is 32.7. The van der Waals surface area contributed by atoms with E-state index in [1.165, 1.54) is 17.1 Å². The summed E-state index contributed by atoms with van der Waals surface area (Å²) in [6.45, 7) is 1.75. The minimum atomic E-state index is -0.653. The average Bonchev–Trinajstić information content (AvgIpc) is 3.45. The first kappa shape index (κ1) is 22.3. The van der Waals surface area contributed by atoms with Gasteiger partial charge in [0.05, 0.1) is 24.9 Å². The number of anilines is 2. The largest absolute Gasteiger partial charge is 0.445 e. The minimum Gasteiger partial charge on any atom is -0.445 e. The predicted molar refractivity (Wildman–Crippen MR) is 118 cm³/mol. The highest BCUT2D eigenvalue weighted by Gasteiger charge is 2.39. The van der Waals surface area contributed by atoms with Crippen molar-refractivity contribution in [1.29, 1.82) is 0 Å². The maximum Gasteiger partial charge on any atom is 0.247 e. The molecule has 1 aromatic carbocycles. The molecule has 2 amide bonds. The number of methoxy groups -OCH3 is 1. The molecular weight excluding hydrogens is 438 g/mol. The van der Waals surface area contributed by atoms with E-state index in [0.29, 0.717) is 37.6 Å². The van der Waals surface area contributed by atoms with Crippen molar-refractivity contribution in [3.8, 4) is 0 Å². The molecule has 2 aliphatic rings. The first-order chi connectivity index (χ1) is 15.5. The molecule has 1 N–H and O–H groups in total. The van der Waals surface area contributed by atoms with Gasteiger partial charge in [-0.05, 0) is 54.1 Å². The second kappa shape index (κ2) is 10.2. The second-order valence-electron chi connectivity index (χ2n) is 7.37. The van der Waals surface area contributed by atoms with E-state index in [-0.39, 0.29) is 29.9 Å². The molecule has 1 aromatic heterocycles. The molecule has 2 saturated heterocycles. The van der Waals surface area contributed by atoms with E-state index in [2.05, 4.69) is 5.32 Å². The monoisotopic (exact) mass is 461 g/mol. The standard InChI is InChI=1S/C22H24ClN3O6/c1-29-18-12-19(25(13-18)21(27)9-7-17-6-8-20(23)32-17)22(28)24-15-2-4-16(5-3-15)26-10-11-30-14-31-26/h2-9,18-19H,10-14H2,1H3,(H,24,28)/t18-,19-/m1/s1. The Morgan fingerprint density at radius 1 is 1.22 bits per heavy atom. The lowest BCUT2D eigenvalue weighted by molar-refractivity contribution is -0.132. The summed E-state index contributed by atoms with van der Waals surface area (Å²) in [6.07, 6.45) is 3.08. The van der Waals surface area contributed by atoms with Crippen LogP contribution in [0.4, 0.5) is 11.4 Å². The maximum atomic E-state index is 13.0. The van der Waals surface area contributed by atoms with Crippen molar-refractivity contribution < 1.29 is 28.3 Å². The van der Waals surface area contributed by atoms with Crippen molar-refractivity contribution in [3.05, 3.63) is 53.5 Å². The lowest BCUT2D eigenvalue weighted by Gasteiger charge is -2.27. The Labute approximate surface area is 190 Å². The number of halogens is 1. The lowest BCUT2D eigenvalue weighted by Crippen LogP contribution is -2.42. The zero-order valence-corrected chi connectivity index (χ0v) is 18.3. The van der Waals surface area contributed by atoms with E-state index in [9.17, 15) is 9.59 Å². The number of hydroxylamine groups is 1. The zero-order valence-electron chi connectivity index (χ0n) is 17.5. The van der Waals surface area contributed by atoms with E-state index in [0.717, 1.165) is 5.69 Å². The van der Waals surface area contributed by atoms with Gasteiger partial charge in [0.2, 0.25) is 11.8 Å². The number of rotatable bonds is 6. The summed E-state index contributed by atoms with van der Waals surface area (Å²) in [6, 6.07) is 9.89. The summed E-state index contributed by atoms with van der Waals surface area (Å²) >= 11 is 5.76. The quantitative estimate of drug-likeness (QED) is 0.661. The van der Waals surface area contributed by atoms with Gasteiger partial charge in [-0.1, -0.05) is 0 Å². The first-order valence-electron chi connectivity index (χ1n) is 10.2. The van der Waals surface area contributed by atoms with E-state index in [1.807, 2.05) is 12.1 Å². The SMILES string of the molecule is CO[C@@H]1C[C@H](C(=O)Nc2ccc(N3CCOCO3)cc2)N(C(=O)C=Cc2ccc(Cl)o2)C1. The highest BCUT2D eigenvalue weighted by Crippen LogP contribution is 2.24. The third-order valence-corrected chi connectivity index (χ3v) is 5.52. The van der Waals surface area contributed by atoms with E-state index in [1.54, 1.807) is 36.4 Å². The number of furan rings is 1. The fraction of sp³-hybridized carbons (Fsp3) is 0.364. The number of likely N-dealkylation sites (tertiary alicyclic amines) is 1. The van der Waals surface area contributed by atoms with Crippen molar-refractivity contribution in [1.82, 2.24) is 4.90 Å². The Morgan fingerprint density at radius 2 is 2.03 bits per heavy atom. The summed E-state index contributed by atoms with van der Waals surface area (Å²) in [7, 11) is 1.57. The maximum absolute atomic E-state index is 13.0. The molecule has 2 fully saturated rings. The smallest absolute Gasteiger partial charge is 0.247 e. The topological polar surface area (TPSA) is 93.5 Å². The first-order valence-corrected chi connectivity index (χ1v) is 10.6. The fourth-order valence-corrected chi connectivity index (χ4v) is 3.79. The molecule has 0 aliphatic carbocycles. The zero-order chi connectivity index (χ0) is 22.5. The molecule has 4 rings (SSSR count). The van der Waals surface area contributed by atoms with Crippen LogP contribution in [-0.2, 0) is 23.9 Å². The highest BCUT2D eigenvalue weighted by atomic mass is 35.5. The molecule has 0 saturated carbocycles. The molecule has 0 bridgehead atoms. The lowest BCUT2D eigenvalue weighted by atomic mass is 10.1. The Balaban J connectivity index is 1.41. The van der Waals surface area contributed by atoms with Crippen molar-refractivity contribution in [2.24, 2.45) is 0 Å². The number of ether oxygens (including phenoxy) is 2. The summed E-state index contributed by atoms with van der Waals surface area (Å²) < 4.78 is 15.8. The number of nitrogens with one attached hydrogen (secondary N) is 1. The number of hydrogen-bond acceptors (Lipinski definition) is 7. The number of carbonyl (C=O) groups is 2. The fourth-order valence-electron chi connectivity index (χ4n) is 3.64. The van der Waals surface area contributed by atoms with Gasteiger partial charge in [-0.2, -0.15) is 0 Å². The van der Waals surface area contributed by atoms with Crippen LogP contribution in [0.3, 0.4) is 0 Å². The number of hydrogen-bond donors (Lipinski definition) is 1. The normalized spacial score (nSPS) is 21.3. The van der Waals surface area contributed by atoms with Crippen molar-refractivity contribution in [3.63, 3.8) is 0 Å². The molecule has 2 aliphatic heterocycles. The van der Waals surface area contributed by atoms with Gasteiger partial charge in [0.1, 0.15) is 11.8 Å². The summed E-state index contributed by atoms with van der Waals surface area (Å²) in [5.74, 6) is -0.129. The van der Waals surface area contributed by atoms with Gasteiger partial charge >= 0.3 is 0 Å². The van der Waals surface area contributed by atoms with Crippen molar-refractivity contribution in [2.45, 2.75) is 18.6 Å². The van der Waals surface area contributed by atoms with Gasteiger partial charge in [0.25, 0.3) is 0 Å². The Kier molecular flexibility index (Phi) is 7.11. The van der Waals surface area contributed by atoms with Crippen LogP contribution >= 0.6 is 11.6 Å². The molecule has 0 spiro atoms. The molecule has 0 unspecified atom stereocenters. The van der Waals surface area contributed by atoms with E-state index >= 15 is 0 Å². The third kappa shape index (κ3) is 5.31. The predicted octanol–water partition coefficient (Wildman–Crippen LogP) is 2.93. The molecule has 2 atom stereocenters. The Morgan fingerprint density at radius 3 is 2.69 bits per heavy atom. The molecule has 170 valence electrons. The van der Waals surface area contributed by atoms with E-state index < -0.39 is 6.04 Å². The van der Waals surface area contributed by atoms with Crippen LogP contribution in [0.5, 0.6) is 0 Å². The summed E-state index contributed by atoms with van der Waals surface area (Å²) in [5.41, 5.74) is 1.49. The average molecular weight is 462 g/mol. The molecule has 32 heavy (non-hydrogen) atoms. The highest BCUT2D eigenvalue weighted by molar-refractivity contribution is 6.28. The van der Waals surface area contributed by atoms with Crippen LogP contribution in [0.1, 0.15) is 12.2 Å². The van der Waals surface area contributed by atoms with Crippen LogP contribution in [0.2, 0.25) is 5.22 Å². The molecule has 2 aromatic rings. The Hall–Kier alpha value is -2.85. The van der Waals surface area contributed by atoms with Crippen LogP contribution in [-0.4, -0.2) is 62.5 Å². The van der Waals surface area contributed by atoms with Crippen LogP contribution in [0.15, 0.2) is 46.9 Å². The molecule has 3 heterocycles. The number of amides is 2. The molecule has 10 heteroatoms. The van der Waals surface area contributed by atoms with Crippen molar-refractivity contribution >= 4 is 40.9 Å². The van der Waals surface area contributed by atoms with Crippen LogP contribution in [0, 0.1) is 0 Å².